The van der Waals surface area contributed by atoms with Crippen LogP contribution in [-0.4, -0.2) is 32.8 Å². The van der Waals surface area contributed by atoms with Crippen LogP contribution in [0.4, 0.5) is 0 Å². The largest absolute Gasteiger partial charge is 0.315 e. The maximum Gasteiger partial charge on any atom is 0.215 e. The van der Waals surface area contributed by atoms with E-state index in [-0.39, 0.29) is 11.3 Å². The van der Waals surface area contributed by atoms with Gasteiger partial charge in [0, 0.05) is 12.6 Å². The number of piperidine rings is 1. The lowest BCUT2D eigenvalue weighted by atomic mass is 9.97. The summed E-state index contributed by atoms with van der Waals surface area (Å²) in [6.07, 6.45) is 9.94. The minimum absolute atomic E-state index is 0.178. The number of nitrogens with one attached hydrogen (secondary N) is 2. The van der Waals surface area contributed by atoms with Gasteiger partial charge in [-0.05, 0) is 32.2 Å². The molecule has 1 heterocycles. The van der Waals surface area contributed by atoms with Crippen molar-refractivity contribution in [2.24, 2.45) is 0 Å². The number of sulfonamides is 1. The molecule has 2 aliphatic rings. The molecule has 2 fully saturated rings. The Labute approximate surface area is 111 Å². The van der Waals surface area contributed by atoms with Gasteiger partial charge >= 0.3 is 0 Å². The highest BCUT2D eigenvalue weighted by Gasteiger charge is 2.29. The summed E-state index contributed by atoms with van der Waals surface area (Å²) in [7, 11) is -3.12. The molecule has 0 radical (unpaired) electrons. The summed E-state index contributed by atoms with van der Waals surface area (Å²) in [6.45, 7) is 1.57. The molecule has 1 atom stereocenters. The molecule has 0 aromatic carbocycles. The van der Waals surface area contributed by atoms with Crippen LogP contribution in [0.2, 0.25) is 0 Å². The summed E-state index contributed by atoms with van der Waals surface area (Å²) in [4.78, 5) is 0. The zero-order valence-electron chi connectivity index (χ0n) is 11.2. The van der Waals surface area contributed by atoms with Crippen LogP contribution in [0.25, 0.3) is 0 Å². The Morgan fingerprint density at radius 1 is 0.889 bits per heavy atom. The minimum atomic E-state index is -3.12. The molecule has 4 nitrogen and oxygen atoms in total. The highest BCUT2D eigenvalue weighted by Crippen LogP contribution is 2.19. The third-order valence-corrected chi connectivity index (χ3v) is 6.07. The molecule has 106 valence electrons. The van der Waals surface area contributed by atoms with Crippen molar-refractivity contribution in [2.45, 2.75) is 69.1 Å². The van der Waals surface area contributed by atoms with Gasteiger partial charge in [-0.2, -0.15) is 0 Å². The lowest BCUT2D eigenvalue weighted by Gasteiger charge is -2.27. The van der Waals surface area contributed by atoms with Crippen LogP contribution in [0, 0.1) is 0 Å². The Kier molecular flexibility index (Phi) is 5.45. The summed E-state index contributed by atoms with van der Waals surface area (Å²) in [5.41, 5.74) is 0. The van der Waals surface area contributed by atoms with E-state index in [9.17, 15) is 8.42 Å². The average Bonchev–Trinajstić information content (AvgIpc) is 2.34. The standard InChI is InChI=1S/C13H26N2O2S/c16-18(17,13-9-6-10-14-11-13)15-12-7-4-2-1-3-5-8-12/h12-15H,1-11H2. The smallest absolute Gasteiger partial charge is 0.215 e. The Balaban J connectivity index is 1.88. The van der Waals surface area contributed by atoms with Gasteiger partial charge in [0.25, 0.3) is 0 Å². The summed E-state index contributed by atoms with van der Waals surface area (Å²) < 4.78 is 27.6. The number of hydrogen-bond acceptors (Lipinski definition) is 3. The molecule has 1 saturated heterocycles. The van der Waals surface area contributed by atoms with E-state index in [1.165, 1.54) is 19.3 Å². The molecule has 0 aromatic rings. The lowest BCUT2D eigenvalue weighted by molar-refractivity contribution is 0.419. The van der Waals surface area contributed by atoms with E-state index in [4.69, 9.17) is 0 Å². The Morgan fingerprint density at radius 3 is 2.17 bits per heavy atom. The second kappa shape index (κ2) is 6.87. The van der Waals surface area contributed by atoms with Crippen molar-refractivity contribution >= 4 is 10.0 Å². The summed E-state index contributed by atoms with van der Waals surface area (Å²) in [6, 6.07) is 0.178. The number of rotatable bonds is 3. The van der Waals surface area contributed by atoms with E-state index in [0.717, 1.165) is 45.1 Å². The van der Waals surface area contributed by atoms with Gasteiger partial charge in [0.15, 0.2) is 0 Å². The third kappa shape index (κ3) is 4.21. The van der Waals surface area contributed by atoms with Gasteiger partial charge < -0.3 is 5.32 Å². The maximum absolute atomic E-state index is 12.3. The second-order valence-electron chi connectivity index (χ2n) is 5.67. The molecule has 2 N–H and O–H groups in total. The van der Waals surface area contributed by atoms with Crippen LogP contribution in [0.1, 0.15) is 57.8 Å². The van der Waals surface area contributed by atoms with Gasteiger partial charge in [-0.25, -0.2) is 13.1 Å². The first kappa shape index (κ1) is 14.3. The lowest BCUT2D eigenvalue weighted by Crippen LogP contribution is -2.47. The van der Waals surface area contributed by atoms with Gasteiger partial charge in [-0.1, -0.05) is 32.1 Å². The zero-order valence-corrected chi connectivity index (χ0v) is 12.0. The van der Waals surface area contributed by atoms with Crippen molar-refractivity contribution in [2.75, 3.05) is 13.1 Å². The van der Waals surface area contributed by atoms with Crippen LogP contribution < -0.4 is 10.0 Å². The van der Waals surface area contributed by atoms with Gasteiger partial charge in [0.05, 0.1) is 5.25 Å². The summed E-state index contributed by atoms with van der Waals surface area (Å²) in [5, 5.41) is 2.96. The number of hydrogen-bond donors (Lipinski definition) is 2. The molecule has 2 rings (SSSR count). The van der Waals surface area contributed by atoms with Crippen molar-refractivity contribution in [1.29, 1.82) is 0 Å². The topological polar surface area (TPSA) is 58.2 Å². The van der Waals surface area contributed by atoms with Crippen molar-refractivity contribution in [3.8, 4) is 0 Å². The predicted octanol–water partition coefficient (Wildman–Crippen LogP) is 1.77. The molecular formula is C13H26N2O2S. The first-order chi connectivity index (χ1) is 8.68. The zero-order chi connectivity index (χ0) is 12.8. The van der Waals surface area contributed by atoms with Crippen molar-refractivity contribution < 1.29 is 8.42 Å². The average molecular weight is 274 g/mol. The quantitative estimate of drug-likeness (QED) is 0.824. The molecule has 1 aliphatic carbocycles. The molecule has 5 heteroatoms. The first-order valence-electron chi connectivity index (χ1n) is 7.40. The van der Waals surface area contributed by atoms with Crippen LogP contribution in [0.15, 0.2) is 0 Å². The molecular weight excluding hydrogens is 248 g/mol. The van der Waals surface area contributed by atoms with Crippen LogP contribution in [-0.2, 0) is 10.0 Å². The summed E-state index contributed by atoms with van der Waals surface area (Å²) in [5.74, 6) is 0. The van der Waals surface area contributed by atoms with Crippen molar-refractivity contribution in [3.05, 3.63) is 0 Å². The molecule has 1 aliphatic heterocycles. The molecule has 1 unspecified atom stereocenters. The Bertz CT molecular complexity index is 329. The van der Waals surface area contributed by atoms with E-state index in [1.807, 2.05) is 0 Å². The van der Waals surface area contributed by atoms with Gasteiger partial charge in [0.2, 0.25) is 10.0 Å². The molecule has 18 heavy (non-hydrogen) atoms. The van der Waals surface area contributed by atoms with E-state index in [0.29, 0.717) is 6.54 Å². The maximum atomic E-state index is 12.3. The van der Waals surface area contributed by atoms with Crippen LogP contribution in [0.5, 0.6) is 0 Å². The molecule has 0 amide bonds. The predicted molar refractivity (Wildman–Crippen MR) is 74.1 cm³/mol. The minimum Gasteiger partial charge on any atom is -0.315 e. The van der Waals surface area contributed by atoms with E-state index >= 15 is 0 Å². The van der Waals surface area contributed by atoms with Gasteiger partial charge in [-0.15, -0.1) is 0 Å². The molecule has 0 bridgehead atoms. The fourth-order valence-electron chi connectivity index (χ4n) is 2.99. The fraction of sp³-hybridized carbons (Fsp3) is 1.00. The van der Waals surface area contributed by atoms with Crippen LogP contribution in [0.3, 0.4) is 0 Å². The molecule has 1 saturated carbocycles. The second-order valence-corrected chi connectivity index (χ2v) is 7.67. The van der Waals surface area contributed by atoms with Crippen LogP contribution >= 0.6 is 0 Å². The molecule has 0 aromatic heterocycles. The summed E-state index contributed by atoms with van der Waals surface area (Å²) >= 11 is 0. The van der Waals surface area contributed by atoms with E-state index in [2.05, 4.69) is 10.0 Å². The van der Waals surface area contributed by atoms with Crippen molar-refractivity contribution in [1.82, 2.24) is 10.0 Å². The van der Waals surface area contributed by atoms with Gasteiger partial charge in [0.1, 0.15) is 0 Å². The normalized spacial score (nSPS) is 28.6. The fourth-order valence-corrected chi connectivity index (χ4v) is 4.69. The highest BCUT2D eigenvalue weighted by molar-refractivity contribution is 7.90. The van der Waals surface area contributed by atoms with Crippen molar-refractivity contribution in [3.63, 3.8) is 0 Å². The monoisotopic (exact) mass is 274 g/mol. The van der Waals surface area contributed by atoms with E-state index in [1.54, 1.807) is 0 Å². The first-order valence-corrected chi connectivity index (χ1v) is 8.95. The van der Waals surface area contributed by atoms with Gasteiger partial charge in [-0.3, -0.25) is 0 Å². The Morgan fingerprint density at radius 2 is 1.56 bits per heavy atom. The molecule has 0 spiro atoms. The Hall–Kier alpha value is -0.130. The highest BCUT2D eigenvalue weighted by atomic mass is 32.2. The van der Waals surface area contributed by atoms with E-state index < -0.39 is 10.0 Å². The SMILES string of the molecule is O=S(=O)(NC1CCCCCCC1)C1CCCNC1. The third-order valence-electron chi connectivity index (χ3n) is 4.13.